The Hall–Kier alpha value is -0.350. The lowest BCUT2D eigenvalue weighted by atomic mass is 10.2. The van der Waals surface area contributed by atoms with Gasteiger partial charge in [0.25, 0.3) is 0 Å². The maximum atomic E-state index is 11.2. The quantitative estimate of drug-likeness (QED) is 0.830. The Bertz CT molecular complexity index is 261. The summed E-state index contributed by atoms with van der Waals surface area (Å²) in [5.41, 5.74) is 1.17. The van der Waals surface area contributed by atoms with Crippen LogP contribution in [0.1, 0.15) is 24.9 Å². The first kappa shape index (κ1) is 10.7. The monoisotopic (exact) mass is 261 g/mol. The first-order valence-corrected chi connectivity index (χ1v) is 6.18. The van der Waals surface area contributed by atoms with Gasteiger partial charge in [-0.3, -0.25) is 4.79 Å². The van der Waals surface area contributed by atoms with Gasteiger partial charge >= 0.3 is 0 Å². The molecule has 1 N–H and O–H groups in total. The van der Waals surface area contributed by atoms with Crippen molar-refractivity contribution < 1.29 is 4.79 Å². The third kappa shape index (κ3) is 3.48. The molecule has 1 atom stereocenters. The van der Waals surface area contributed by atoms with E-state index in [1.54, 1.807) is 11.3 Å². The fourth-order valence-corrected chi connectivity index (χ4v) is 2.12. The number of thiophene rings is 1. The molecule has 0 aliphatic rings. The van der Waals surface area contributed by atoms with Gasteiger partial charge in [-0.1, -0.05) is 15.9 Å². The molecular weight excluding hydrogens is 250 g/mol. The third-order valence-electron chi connectivity index (χ3n) is 1.74. The van der Waals surface area contributed by atoms with Crippen molar-refractivity contribution in [3.63, 3.8) is 0 Å². The van der Waals surface area contributed by atoms with Crippen molar-refractivity contribution in [2.75, 3.05) is 5.33 Å². The van der Waals surface area contributed by atoms with Crippen molar-refractivity contribution in [3.05, 3.63) is 22.4 Å². The molecule has 1 rings (SSSR count). The van der Waals surface area contributed by atoms with E-state index >= 15 is 0 Å². The number of nitrogens with one attached hydrogen (secondary N) is 1. The Labute approximate surface area is 90.5 Å². The van der Waals surface area contributed by atoms with Gasteiger partial charge < -0.3 is 5.32 Å². The highest BCUT2D eigenvalue weighted by Gasteiger charge is 2.08. The first-order valence-electron chi connectivity index (χ1n) is 4.11. The summed E-state index contributed by atoms with van der Waals surface area (Å²) in [6.07, 6.45) is 0.536. The molecule has 1 amide bonds. The predicted molar refractivity (Wildman–Crippen MR) is 59.3 cm³/mol. The topological polar surface area (TPSA) is 29.1 Å². The molecule has 0 spiro atoms. The molecule has 1 aromatic heterocycles. The van der Waals surface area contributed by atoms with Gasteiger partial charge in [-0.25, -0.2) is 0 Å². The number of hydrogen-bond acceptors (Lipinski definition) is 2. The Balaban J connectivity index is 2.42. The summed E-state index contributed by atoms with van der Waals surface area (Å²) in [7, 11) is 0. The largest absolute Gasteiger partial charge is 0.350 e. The predicted octanol–water partition coefficient (Wildman–Crippen LogP) is 2.71. The summed E-state index contributed by atoms with van der Waals surface area (Å²) in [6, 6.07) is 2.15. The summed E-state index contributed by atoms with van der Waals surface area (Å²) in [4.78, 5) is 11.2. The van der Waals surface area contributed by atoms with E-state index in [2.05, 4.69) is 26.6 Å². The second kappa shape index (κ2) is 5.40. The molecule has 0 fully saturated rings. The molecule has 13 heavy (non-hydrogen) atoms. The van der Waals surface area contributed by atoms with Crippen molar-refractivity contribution in [2.45, 2.75) is 19.4 Å². The van der Waals surface area contributed by atoms with Gasteiger partial charge in [0.1, 0.15) is 0 Å². The van der Waals surface area contributed by atoms with Gasteiger partial charge in [0.2, 0.25) is 5.91 Å². The van der Waals surface area contributed by atoms with E-state index in [0.717, 1.165) is 5.33 Å². The lowest BCUT2D eigenvalue weighted by Gasteiger charge is -2.11. The molecule has 1 aromatic rings. The van der Waals surface area contributed by atoms with Crippen LogP contribution >= 0.6 is 27.3 Å². The minimum absolute atomic E-state index is 0.0931. The van der Waals surface area contributed by atoms with Crippen LogP contribution in [0.3, 0.4) is 0 Å². The SMILES string of the molecule is CC(NC(=O)CCBr)c1ccsc1. The van der Waals surface area contributed by atoms with E-state index in [4.69, 9.17) is 0 Å². The van der Waals surface area contributed by atoms with Crippen LogP contribution in [0.25, 0.3) is 0 Å². The molecule has 0 aromatic carbocycles. The van der Waals surface area contributed by atoms with Gasteiger partial charge in [-0.2, -0.15) is 11.3 Å². The standard InChI is InChI=1S/C9H12BrNOS/c1-7(8-3-5-13-6-8)11-9(12)2-4-10/h3,5-7H,2,4H2,1H3,(H,11,12). The van der Waals surface area contributed by atoms with Crippen LogP contribution < -0.4 is 5.32 Å². The second-order valence-electron chi connectivity index (χ2n) is 2.78. The highest BCUT2D eigenvalue weighted by molar-refractivity contribution is 9.09. The number of hydrogen-bond donors (Lipinski definition) is 1. The summed E-state index contributed by atoms with van der Waals surface area (Å²) in [5.74, 6) is 0.0931. The zero-order chi connectivity index (χ0) is 9.68. The van der Waals surface area contributed by atoms with Crippen LogP contribution in [0, 0.1) is 0 Å². The summed E-state index contributed by atoms with van der Waals surface area (Å²) >= 11 is 4.88. The van der Waals surface area contributed by atoms with Crippen molar-refractivity contribution in [1.29, 1.82) is 0 Å². The van der Waals surface area contributed by atoms with Gasteiger partial charge in [-0.15, -0.1) is 0 Å². The van der Waals surface area contributed by atoms with Gasteiger partial charge in [0.05, 0.1) is 6.04 Å². The fourth-order valence-electron chi connectivity index (χ4n) is 1.00. The van der Waals surface area contributed by atoms with Crippen LogP contribution in [0.2, 0.25) is 0 Å². The van der Waals surface area contributed by atoms with E-state index in [1.807, 2.05) is 18.4 Å². The highest BCUT2D eigenvalue weighted by atomic mass is 79.9. The lowest BCUT2D eigenvalue weighted by Crippen LogP contribution is -2.26. The van der Waals surface area contributed by atoms with Crippen molar-refractivity contribution in [3.8, 4) is 0 Å². The molecular formula is C9H12BrNOS. The average Bonchev–Trinajstić information content (AvgIpc) is 2.55. The molecule has 1 heterocycles. The van der Waals surface area contributed by atoms with E-state index in [0.29, 0.717) is 6.42 Å². The van der Waals surface area contributed by atoms with Crippen LogP contribution in [0.4, 0.5) is 0 Å². The van der Waals surface area contributed by atoms with Crippen molar-refractivity contribution >= 4 is 33.2 Å². The lowest BCUT2D eigenvalue weighted by molar-refractivity contribution is -0.121. The van der Waals surface area contributed by atoms with Gasteiger partial charge in [0.15, 0.2) is 0 Å². The van der Waals surface area contributed by atoms with Crippen LogP contribution in [-0.4, -0.2) is 11.2 Å². The molecule has 0 saturated carbocycles. The molecule has 0 radical (unpaired) electrons. The molecule has 0 aliphatic carbocycles. The van der Waals surface area contributed by atoms with Crippen LogP contribution in [-0.2, 0) is 4.79 Å². The number of amides is 1. The third-order valence-corrected chi connectivity index (χ3v) is 2.84. The Morgan fingerprint density at radius 1 is 1.77 bits per heavy atom. The summed E-state index contributed by atoms with van der Waals surface area (Å²) in [5, 5.41) is 7.71. The molecule has 1 unspecified atom stereocenters. The normalized spacial score (nSPS) is 12.5. The van der Waals surface area contributed by atoms with Gasteiger partial charge in [0, 0.05) is 11.8 Å². The molecule has 0 bridgehead atoms. The summed E-state index contributed by atoms with van der Waals surface area (Å²) < 4.78 is 0. The molecule has 2 nitrogen and oxygen atoms in total. The number of halogens is 1. The summed E-state index contributed by atoms with van der Waals surface area (Å²) in [6.45, 7) is 1.99. The van der Waals surface area contributed by atoms with Crippen molar-refractivity contribution in [1.82, 2.24) is 5.32 Å². The number of alkyl halides is 1. The second-order valence-corrected chi connectivity index (χ2v) is 4.36. The Morgan fingerprint density at radius 3 is 3.08 bits per heavy atom. The zero-order valence-corrected chi connectivity index (χ0v) is 9.82. The minimum Gasteiger partial charge on any atom is -0.350 e. The fraction of sp³-hybridized carbons (Fsp3) is 0.444. The highest BCUT2D eigenvalue weighted by Crippen LogP contribution is 2.15. The maximum absolute atomic E-state index is 11.2. The average molecular weight is 262 g/mol. The van der Waals surface area contributed by atoms with Crippen LogP contribution in [0.15, 0.2) is 16.8 Å². The smallest absolute Gasteiger partial charge is 0.221 e. The van der Waals surface area contributed by atoms with E-state index in [1.165, 1.54) is 5.56 Å². The van der Waals surface area contributed by atoms with E-state index < -0.39 is 0 Å². The molecule has 0 saturated heterocycles. The molecule has 0 aliphatic heterocycles. The van der Waals surface area contributed by atoms with E-state index in [9.17, 15) is 4.79 Å². The number of carbonyl (C=O) groups is 1. The maximum Gasteiger partial charge on any atom is 0.221 e. The zero-order valence-electron chi connectivity index (χ0n) is 7.42. The number of rotatable bonds is 4. The Morgan fingerprint density at radius 2 is 2.54 bits per heavy atom. The minimum atomic E-state index is 0.0931. The van der Waals surface area contributed by atoms with Crippen LogP contribution in [0.5, 0.6) is 0 Å². The van der Waals surface area contributed by atoms with Gasteiger partial charge in [-0.05, 0) is 29.3 Å². The first-order chi connectivity index (χ1) is 6.24. The van der Waals surface area contributed by atoms with E-state index in [-0.39, 0.29) is 11.9 Å². The molecule has 4 heteroatoms. The number of carbonyl (C=O) groups excluding carboxylic acids is 1. The van der Waals surface area contributed by atoms with Crippen molar-refractivity contribution in [2.24, 2.45) is 0 Å². The molecule has 72 valence electrons. The Kier molecular flexibility index (Phi) is 4.45.